The standard InChI is InChI=1S/C15H15N5OS/c1-10-7-13(11-5-3-4-6-12(11)17-10)18-14(21)8-22-15-19-16-9-20(15)2/h3-7,9H,8H2,1-2H3,(H,17,18,21). The van der Waals surface area contributed by atoms with Gasteiger partial charge in [0.2, 0.25) is 5.91 Å². The van der Waals surface area contributed by atoms with Gasteiger partial charge in [0.05, 0.1) is 17.0 Å². The van der Waals surface area contributed by atoms with Crippen LogP contribution in [0.15, 0.2) is 41.8 Å². The maximum atomic E-state index is 12.2. The summed E-state index contributed by atoms with van der Waals surface area (Å²) in [4.78, 5) is 16.6. The van der Waals surface area contributed by atoms with Crippen molar-refractivity contribution in [1.29, 1.82) is 0 Å². The molecule has 6 nitrogen and oxygen atoms in total. The van der Waals surface area contributed by atoms with Crippen LogP contribution in [0.5, 0.6) is 0 Å². The maximum Gasteiger partial charge on any atom is 0.234 e. The Balaban J connectivity index is 1.75. The van der Waals surface area contributed by atoms with Crippen molar-refractivity contribution in [2.45, 2.75) is 12.1 Å². The second-order valence-corrected chi connectivity index (χ2v) is 5.83. The molecule has 0 fully saturated rings. The van der Waals surface area contributed by atoms with Gasteiger partial charge in [-0.05, 0) is 19.1 Å². The first-order valence-electron chi connectivity index (χ1n) is 6.76. The monoisotopic (exact) mass is 313 g/mol. The van der Waals surface area contributed by atoms with Crippen LogP contribution >= 0.6 is 11.8 Å². The highest BCUT2D eigenvalue weighted by atomic mass is 32.2. The van der Waals surface area contributed by atoms with Gasteiger partial charge in [-0.3, -0.25) is 9.78 Å². The molecule has 112 valence electrons. The van der Waals surface area contributed by atoms with Gasteiger partial charge in [0, 0.05) is 18.1 Å². The molecule has 0 atom stereocenters. The molecule has 3 aromatic rings. The summed E-state index contributed by atoms with van der Waals surface area (Å²) >= 11 is 1.35. The van der Waals surface area contributed by atoms with E-state index in [2.05, 4.69) is 20.5 Å². The van der Waals surface area contributed by atoms with Crippen LogP contribution in [-0.2, 0) is 11.8 Å². The van der Waals surface area contributed by atoms with E-state index in [1.54, 1.807) is 10.9 Å². The number of fused-ring (bicyclic) bond motifs is 1. The highest BCUT2D eigenvalue weighted by Crippen LogP contribution is 2.23. The summed E-state index contributed by atoms with van der Waals surface area (Å²) in [5.74, 6) is 0.200. The Morgan fingerprint density at radius 2 is 2.18 bits per heavy atom. The summed E-state index contributed by atoms with van der Waals surface area (Å²) in [5, 5.41) is 12.3. The van der Waals surface area contributed by atoms with E-state index in [1.165, 1.54) is 11.8 Å². The molecule has 1 aromatic carbocycles. The average molecular weight is 313 g/mol. The number of aromatic nitrogens is 4. The molecular formula is C15H15N5OS. The first-order valence-corrected chi connectivity index (χ1v) is 7.75. The van der Waals surface area contributed by atoms with E-state index >= 15 is 0 Å². The first-order chi connectivity index (χ1) is 10.6. The number of benzene rings is 1. The van der Waals surface area contributed by atoms with E-state index in [4.69, 9.17) is 0 Å². The largest absolute Gasteiger partial charge is 0.325 e. The lowest BCUT2D eigenvalue weighted by molar-refractivity contribution is -0.113. The molecule has 0 aliphatic rings. The predicted octanol–water partition coefficient (Wildman–Crippen LogP) is 2.40. The van der Waals surface area contributed by atoms with E-state index in [-0.39, 0.29) is 11.7 Å². The van der Waals surface area contributed by atoms with E-state index in [1.807, 2.05) is 44.3 Å². The Kier molecular flexibility index (Phi) is 4.06. The van der Waals surface area contributed by atoms with Crippen LogP contribution in [-0.4, -0.2) is 31.4 Å². The van der Waals surface area contributed by atoms with Crippen LogP contribution < -0.4 is 5.32 Å². The molecule has 0 bridgehead atoms. The van der Waals surface area contributed by atoms with Crippen LogP contribution in [0.4, 0.5) is 5.69 Å². The number of nitrogens with zero attached hydrogens (tertiary/aromatic N) is 4. The lowest BCUT2D eigenvalue weighted by Crippen LogP contribution is -2.15. The zero-order valence-corrected chi connectivity index (χ0v) is 13.1. The summed E-state index contributed by atoms with van der Waals surface area (Å²) in [6.45, 7) is 1.91. The molecule has 22 heavy (non-hydrogen) atoms. The predicted molar refractivity (Wildman–Crippen MR) is 86.8 cm³/mol. The van der Waals surface area contributed by atoms with E-state index in [0.29, 0.717) is 5.16 Å². The molecule has 1 N–H and O–H groups in total. The van der Waals surface area contributed by atoms with Gasteiger partial charge in [-0.15, -0.1) is 10.2 Å². The topological polar surface area (TPSA) is 72.7 Å². The molecule has 7 heteroatoms. The second kappa shape index (κ2) is 6.15. The lowest BCUT2D eigenvalue weighted by Gasteiger charge is -2.09. The SMILES string of the molecule is Cc1cc(NC(=O)CSc2nncn2C)c2ccccc2n1. The van der Waals surface area contributed by atoms with Gasteiger partial charge in [-0.1, -0.05) is 30.0 Å². The number of anilines is 1. The molecular weight excluding hydrogens is 298 g/mol. The number of rotatable bonds is 4. The number of hydrogen-bond acceptors (Lipinski definition) is 5. The third-order valence-electron chi connectivity index (χ3n) is 3.12. The Bertz CT molecular complexity index is 830. The minimum absolute atomic E-state index is 0.0799. The normalized spacial score (nSPS) is 10.8. The fraction of sp³-hybridized carbons (Fsp3) is 0.200. The number of carbonyl (C=O) groups is 1. The summed E-state index contributed by atoms with van der Waals surface area (Å²) in [6.07, 6.45) is 1.61. The molecule has 0 saturated carbocycles. The molecule has 2 aromatic heterocycles. The Morgan fingerprint density at radius 3 is 2.95 bits per heavy atom. The van der Waals surface area contributed by atoms with Crippen molar-refractivity contribution in [3.05, 3.63) is 42.4 Å². The molecule has 0 spiro atoms. The van der Waals surface area contributed by atoms with Crippen molar-refractivity contribution >= 4 is 34.3 Å². The van der Waals surface area contributed by atoms with Crippen LogP contribution in [0.3, 0.4) is 0 Å². The summed E-state index contributed by atoms with van der Waals surface area (Å²) in [6, 6.07) is 9.64. The average Bonchev–Trinajstić information content (AvgIpc) is 2.90. The zero-order valence-electron chi connectivity index (χ0n) is 12.3. The lowest BCUT2D eigenvalue weighted by atomic mass is 10.1. The molecule has 1 amide bonds. The van der Waals surface area contributed by atoms with Gasteiger partial charge < -0.3 is 9.88 Å². The van der Waals surface area contributed by atoms with E-state index in [0.717, 1.165) is 22.3 Å². The minimum atomic E-state index is -0.0799. The number of hydrogen-bond donors (Lipinski definition) is 1. The molecule has 3 rings (SSSR count). The molecule has 2 heterocycles. The summed E-state index contributed by atoms with van der Waals surface area (Å²) in [7, 11) is 1.85. The number of amides is 1. The third kappa shape index (κ3) is 3.09. The number of thioether (sulfide) groups is 1. The first kappa shape index (κ1) is 14.5. The quantitative estimate of drug-likeness (QED) is 0.749. The zero-order chi connectivity index (χ0) is 15.5. The van der Waals surface area contributed by atoms with Gasteiger partial charge in [0.15, 0.2) is 5.16 Å². The van der Waals surface area contributed by atoms with Crippen LogP contribution in [0.1, 0.15) is 5.69 Å². The Labute approximate surface area is 132 Å². The summed E-state index contributed by atoms with van der Waals surface area (Å²) in [5.41, 5.74) is 2.53. The molecule has 0 radical (unpaired) electrons. The Hall–Kier alpha value is -2.41. The number of nitrogens with one attached hydrogen (secondary N) is 1. The van der Waals surface area contributed by atoms with Gasteiger partial charge in [-0.2, -0.15) is 0 Å². The minimum Gasteiger partial charge on any atom is -0.325 e. The van der Waals surface area contributed by atoms with Crippen LogP contribution in [0, 0.1) is 6.92 Å². The third-order valence-corrected chi connectivity index (χ3v) is 4.15. The molecule has 0 unspecified atom stereocenters. The van der Waals surface area contributed by atoms with Crippen molar-refractivity contribution in [3.8, 4) is 0 Å². The van der Waals surface area contributed by atoms with Crippen LogP contribution in [0.25, 0.3) is 10.9 Å². The maximum absolute atomic E-state index is 12.2. The van der Waals surface area contributed by atoms with Crippen molar-refractivity contribution in [2.24, 2.45) is 7.05 Å². The van der Waals surface area contributed by atoms with Crippen molar-refractivity contribution in [3.63, 3.8) is 0 Å². The van der Waals surface area contributed by atoms with Crippen molar-refractivity contribution in [1.82, 2.24) is 19.7 Å². The highest BCUT2D eigenvalue weighted by Gasteiger charge is 2.10. The molecule has 0 aliphatic heterocycles. The highest BCUT2D eigenvalue weighted by molar-refractivity contribution is 7.99. The number of aryl methyl sites for hydroxylation is 2. The van der Waals surface area contributed by atoms with Gasteiger partial charge in [0.25, 0.3) is 0 Å². The number of pyridine rings is 1. The second-order valence-electron chi connectivity index (χ2n) is 4.89. The fourth-order valence-electron chi connectivity index (χ4n) is 2.13. The Morgan fingerprint density at radius 1 is 1.36 bits per heavy atom. The van der Waals surface area contributed by atoms with E-state index < -0.39 is 0 Å². The van der Waals surface area contributed by atoms with Gasteiger partial charge in [-0.25, -0.2) is 0 Å². The molecule has 0 saturated heterocycles. The fourth-order valence-corrected chi connectivity index (χ4v) is 2.82. The van der Waals surface area contributed by atoms with Gasteiger partial charge >= 0.3 is 0 Å². The van der Waals surface area contributed by atoms with Crippen molar-refractivity contribution < 1.29 is 4.79 Å². The van der Waals surface area contributed by atoms with E-state index in [9.17, 15) is 4.79 Å². The number of para-hydroxylation sites is 1. The smallest absolute Gasteiger partial charge is 0.234 e. The van der Waals surface area contributed by atoms with Gasteiger partial charge in [0.1, 0.15) is 6.33 Å². The van der Waals surface area contributed by atoms with Crippen LogP contribution in [0.2, 0.25) is 0 Å². The number of carbonyl (C=O) groups excluding carboxylic acids is 1. The molecule has 0 aliphatic carbocycles. The van der Waals surface area contributed by atoms with Crippen molar-refractivity contribution in [2.75, 3.05) is 11.1 Å². The summed E-state index contributed by atoms with van der Waals surface area (Å²) < 4.78 is 1.78.